The number of hydrogen-bond acceptors (Lipinski definition) is 0. The molecule has 1 atom stereocenters. The first-order valence-corrected chi connectivity index (χ1v) is 5.51. The molecule has 1 rings (SSSR count). The molecule has 0 saturated carbocycles. The Labute approximate surface area is 77.1 Å². The molecular weight excluding hydrogens is 144 g/mol. The Hall–Kier alpha value is -0.260. The molecule has 0 aromatic carbocycles. The third-order valence-corrected chi connectivity index (χ3v) is 3.03. The molecule has 0 nitrogen and oxygen atoms in total. The SMILES string of the molecule is CCCCCCC1CCC=C1C. The Bertz CT molecular complexity index is 144. The highest BCUT2D eigenvalue weighted by Crippen LogP contribution is 2.29. The van der Waals surface area contributed by atoms with Crippen LogP contribution in [0, 0.1) is 5.92 Å². The van der Waals surface area contributed by atoms with Crippen molar-refractivity contribution in [3.63, 3.8) is 0 Å². The van der Waals surface area contributed by atoms with Crippen molar-refractivity contribution in [3.05, 3.63) is 11.6 Å². The van der Waals surface area contributed by atoms with Crippen molar-refractivity contribution in [2.75, 3.05) is 0 Å². The summed E-state index contributed by atoms with van der Waals surface area (Å²) in [6.07, 6.45) is 12.3. The number of rotatable bonds is 5. The minimum absolute atomic E-state index is 0.946. The van der Waals surface area contributed by atoms with Gasteiger partial charge in [0.2, 0.25) is 0 Å². The average Bonchev–Trinajstić information content (AvgIpc) is 2.46. The molecule has 0 spiro atoms. The predicted molar refractivity (Wildman–Crippen MR) is 55.2 cm³/mol. The summed E-state index contributed by atoms with van der Waals surface area (Å²) in [7, 11) is 0. The van der Waals surface area contributed by atoms with Gasteiger partial charge in [-0.3, -0.25) is 0 Å². The molecule has 0 aromatic rings. The van der Waals surface area contributed by atoms with Crippen molar-refractivity contribution < 1.29 is 0 Å². The van der Waals surface area contributed by atoms with E-state index in [1.54, 1.807) is 5.57 Å². The van der Waals surface area contributed by atoms with Gasteiger partial charge in [-0.05, 0) is 32.1 Å². The normalized spacial score (nSPS) is 22.8. The van der Waals surface area contributed by atoms with Crippen LogP contribution in [-0.4, -0.2) is 0 Å². The van der Waals surface area contributed by atoms with Gasteiger partial charge in [-0.2, -0.15) is 0 Å². The van der Waals surface area contributed by atoms with E-state index in [0.717, 1.165) is 5.92 Å². The Morgan fingerprint density at radius 3 is 2.75 bits per heavy atom. The van der Waals surface area contributed by atoms with Gasteiger partial charge < -0.3 is 0 Å². The zero-order valence-electron chi connectivity index (χ0n) is 8.60. The Morgan fingerprint density at radius 1 is 1.33 bits per heavy atom. The molecule has 0 heterocycles. The summed E-state index contributed by atoms with van der Waals surface area (Å²) in [4.78, 5) is 0. The second-order valence-electron chi connectivity index (χ2n) is 4.07. The lowest BCUT2D eigenvalue weighted by atomic mass is 9.95. The summed E-state index contributed by atoms with van der Waals surface area (Å²) in [5.74, 6) is 0.946. The Kier molecular flexibility index (Phi) is 4.42. The molecule has 1 aliphatic carbocycles. The van der Waals surface area contributed by atoms with Crippen LogP contribution in [-0.2, 0) is 0 Å². The van der Waals surface area contributed by atoms with E-state index in [1.807, 2.05) is 0 Å². The third kappa shape index (κ3) is 3.00. The van der Waals surface area contributed by atoms with E-state index in [9.17, 15) is 0 Å². The molecule has 12 heavy (non-hydrogen) atoms. The molecule has 0 saturated heterocycles. The van der Waals surface area contributed by atoms with Crippen molar-refractivity contribution in [1.29, 1.82) is 0 Å². The highest BCUT2D eigenvalue weighted by Gasteiger charge is 2.14. The molecule has 0 fully saturated rings. The van der Waals surface area contributed by atoms with Gasteiger partial charge in [0.15, 0.2) is 0 Å². The standard InChI is InChI=1S/C12H22/c1-3-4-5-6-9-12-10-7-8-11(12)2/h8,12H,3-7,9-10H2,1-2H3. The van der Waals surface area contributed by atoms with Crippen molar-refractivity contribution in [2.45, 2.75) is 58.8 Å². The summed E-state index contributed by atoms with van der Waals surface area (Å²) in [5.41, 5.74) is 1.66. The second-order valence-corrected chi connectivity index (χ2v) is 4.07. The second kappa shape index (κ2) is 5.40. The first-order chi connectivity index (χ1) is 5.84. The van der Waals surface area contributed by atoms with E-state index in [1.165, 1.54) is 44.9 Å². The average molecular weight is 166 g/mol. The molecule has 1 unspecified atom stereocenters. The largest absolute Gasteiger partial charge is 0.0853 e. The molecule has 0 amide bonds. The quantitative estimate of drug-likeness (QED) is 0.421. The molecule has 70 valence electrons. The van der Waals surface area contributed by atoms with Crippen LogP contribution in [0.2, 0.25) is 0 Å². The third-order valence-electron chi connectivity index (χ3n) is 3.03. The van der Waals surface area contributed by atoms with Gasteiger partial charge in [-0.1, -0.05) is 44.3 Å². The van der Waals surface area contributed by atoms with Crippen molar-refractivity contribution in [2.24, 2.45) is 5.92 Å². The fraction of sp³-hybridized carbons (Fsp3) is 0.833. The summed E-state index contributed by atoms with van der Waals surface area (Å²) in [5, 5.41) is 0. The van der Waals surface area contributed by atoms with Gasteiger partial charge in [0.25, 0.3) is 0 Å². The van der Waals surface area contributed by atoms with E-state index < -0.39 is 0 Å². The molecule has 0 N–H and O–H groups in total. The van der Waals surface area contributed by atoms with E-state index >= 15 is 0 Å². The number of hydrogen-bond donors (Lipinski definition) is 0. The highest BCUT2D eigenvalue weighted by atomic mass is 14.2. The lowest BCUT2D eigenvalue weighted by Crippen LogP contribution is -1.96. The summed E-state index contributed by atoms with van der Waals surface area (Å²) in [6, 6.07) is 0. The monoisotopic (exact) mass is 166 g/mol. The van der Waals surface area contributed by atoms with E-state index in [-0.39, 0.29) is 0 Å². The molecule has 0 radical (unpaired) electrons. The fourth-order valence-corrected chi connectivity index (χ4v) is 2.10. The van der Waals surface area contributed by atoms with E-state index in [4.69, 9.17) is 0 Å². The van der Waals surface area contributed by atoms with Crippen LogP contribution in [0.25, 0.3) is 0 Å². The number of allylic oxidation sites excluding steroid dienone is 2. The van der Waals surface area contributed by atoms with Crippen molar-refractivity contribution >= 4 is 0 Å². The van der Waals surface area contributed by atoms with Crippen LogP contribution in [0.4, 0.5) is 0 Å². The van der Waals surface area contributed by atoms with Gasteiger partial charge in [0.1, 0.15) is 0 Å². The van der Waals surface area contributed by atoms with Gasteiger partial charge in [-0.15, -0.1) is 0 Å². The maximum atomic E-state index is 2.42. The highest BCUT2D eigenvalue weighted by molar-refractivity contribution is 5.09. The van der Waals surface area contributed by atoms with Gasteiger partial charge in [0, 0.05) is 0 Å². The Balaban J connectivity index is 2.03. The summed E-state index contributed by atoms with van der Waals surface area (Å²) >= 11 is 0. The maximum Gasteiger partial charge on any atom is -0.0203 e. The first-order valence-electron chi connectivity index (χ1n) is 5.51. The molecule has 0 aromatic heterocycles. The molecule has 0 bridgehead atoms. The van der Waals surface area contributed by atoms with Crippen molar-refractivity contribution in [1.82, 2.24) is 0 Å². The minimum atomic E-state index is 0.946. The number of unbranched alkanes of at least 4 members (excludes halogenated alkanes) is 3. The van der Waals surface area contributed by atoms with Crippen LogP contribution < -0.4 is 0 Å². The van der Waals surface area contributed by atoms with Crippen LogP contribution in [0.5, 0.6) is 0 Å². The molecule has 0 heteroatoms. The summed E-state index contributed by atoms with van der Waals surface area (Å²) < 4.78 is 0. The smallest absolute Gasteiger partial charge is 0.0203 e. The molecular formula is C12H22. The lowest BCUT2D eigenvalue weighted by molar-refractivity contribution is 0.506. The van der Waals surface area contributed by atoms with E-state index in [2.05, 4.69) is 19.9 Å². The zero-order chi connectivity index (χ0) is 8.81. The van der Waals surface area contributed by atoms with Crippen molar-refractivity contribution in [3.8, 4) is 0 Å². The summed E-state index contributed by atoms with van der Waals surface area (Å²) in [6.45, 7) is 4.58. The minimum Gasteiger partial charge on any atom is -0.0853 e. The maximum absolute atomic E-state index is 2.42. The Morgan fingerprint density at radius 2 is 2.17 bits per heavy atom. The lowest BCUT2D eigenvalue weighted by Gasteiger charge is -2.10. The van der Waals surface area contributed by atoms with Crippen LogP contribution in [0.3, 0.4) is 0 Å². The van der Waals surface area contributed by atoms with E-state index in [0.29, 0.717) is 0 Å². The van der Waals surface area contributed by atoms with Crippen LogP contribution in [0.15, 0.2) is 11.6 Å². The molecule has 1 aliphatic rings. The predicted octanol–water partition coefficient (Wildman–Crippen LogP) is 4.31. The molecule has 0 aliphatic heterocycles. The topological polar surface area (TPSA) is 0 Å². The van der Waals surface area contributed by atoms with Gasteiger partial charge >= 0.3 is 0 Å². The fourth-order valence-electron chi connectivity index (χ4n) is 2.10. The van der Waals surface area contributed by atoms with Gasteiger partial charge in [0.05, 0.1) is 0 Å². The van der Waals surface area contributed by atoms with Gasteiger partial charge in [-0.25, -0.2) is 0 Å². The van der Waals surface area contributed by atoms with Crippen LogP contribution >= 0.6 is 0 Å². The zero-order valence-corrected chi connectivity index (χ0v) is 8.60. The van der Waals surface area contributed by atoms with Crippen LogP contribution in [0.1, 0.15) is 58.8 Å². The first kappa shape index (κ1) is 9.83.